The smallest absolute Gasteiger partial charge is 0.312 e. The molecule has 18 heavy (non-hydrogen) atoms. The van der Waals surface area contributed by atoms with Gasteiger partial charge in [-0.1, -0.05) is 12.1 Å². The lowest BCUT2D eigenvalue weighted by Gasteiger charge is -2.09. The quantitative estimate of drug-likeness (QED) is 0.653. The van der Waals surface area contributed by atoms with Crippen LogP contribution in [0.3, 0.4) is 0 Å². The number of imidazole rings is 1. The van der Waals surface area contributed by atoms with E-state index in [-0.39, 0.29) is 11.2 Å². The third-order valence-corrected chi connectivity index (χ3v) is 3.32. The summed E-state index contributed by atoms with van der Waals surface area (Å²) < 4.78 is 1.52. The van der Waals surface area contributed by atoms with Gasteiger partial charge in [-0.2, -0.15) is 4.99 Å². The minimum absolute atomic E-state index is 0.171. The Bertz CT molecular complexity index is 671. The zero-order valence-electron chi connectivity index (χ0n) is 9.59. The summed E-state index contributed by atoms with van der Waals surface area (Å²) in [6, 6.07) is 7.52. The normalized spacial score (nSPS) is 16.0. The van der Waals surface area contributed by atoms with Crippen molar-refractivity contribution in [1.82, 2.24) is 9.55 Å². The Kier molecular flexibility index (Phi) is 2.28. The van der Waals surface area contributed by atoms with Crippen LogP contribution >= 0.6 is 0 Å². The molecule has 0 spiro atoms. The van der Waals surface area contributed by atoms with Crippen LogP contribution in [0.25, 0.3) is 5.69 Å². The highest BCUT2D eigenvalue weighted by Gasteiger charge is 2.44. The summed E-state index contributed by atoms with van der Waals surface area (Å²) in [6.07, 6.45) is 6.66. The number of isocyanates is 1. The van der Waals surface area contributed by atoms with Gasteiger partial charge in [0.05, 0.1) is 11.2 Å². The number of hydrogen-bond acceptors (Lipinski definition) is 3. The summed E-state index contributed by atoms with van der Waals surface area (Å²) in [5.41, 5.74) is 1.26. The molecule has 1 fully saturated rings. The van der Waals surface area contributed by atoms with E-state index in [9.17, 15) is 9.59 Å². The maximum Gasteiger partial charge on any atom is 0.330 e. The van der Waals surface area contributed by atoms with Crippen molar-refractivity contribution in [3.63, 3.8) is 0 Å². The highest BCUT2D eigenvalue weighted by molar-refractivity contribution is 5.44. The second kappa shape index (κ2) is 3.82. The molecule has 2 aromatic rings. The molecule has 90 valence electrons. The Labute approximate surface area is 103 Å². The molecule has 5 heteroatoms. The number of nitrogens with one attached hydrogen (secondary N) is 1. The van der Waals surface area contributed by atoms with Gasteiger partial charge in [0.15, 0.2) is 0 Å². The maximum atomic E-state index is 11.5. The van der Waals surface area contributed by atoms with Crippen molar-refractivity contribution in [3.8, 4) is 5.69 Å². The zero-order chi connectivity index (χ0) is 12.6. The minimum Gasteiger partial charge on any atom is -0.312 e. The number of aromatic amines is 1. The van der Waals surface area contributed by atoms with Gasteiger partial charge in [-0.25, -0.2) is 9.59 Å². The van der Waals surface area contributed by atoms with E-state index >= 15 is 0 Å². The van der Waals surface area contributed by atoms with Crippen molar-refractivity contribution in [2.45, 2.75) is 18.4 Å². The summed E-state index contributed by atoms with van der Waals surface area (Å²) in [7, 11) is 0. The number of carbonyl (C=O) groups excluding carboxylic acids is 1. The van der Waals surface area contributed by atoms with Gasteiger partial charge in [0.25, 0.3) is 0 Å². The lowest BCUT2D eigenvalue weighted by molar-refractivity contribution is 0.556. The molecule has 0 unspecified atom stereocenters. The third-order valence-electron chi connectivity index (χ3n) is 3.32. The summed E-state index contributed by atoms with van der Waals surface area (Å²) in [4.78, 5) is 28.3. The van der Waals surface area contributed by atoms with Gasteiger partial charge in [0.2, 0.25) is 6.08 Å². The largest absolute Gasteiger partial charge is 0.330 e. The molecule has 5 nitrogen and oxygen atoms in total. The van der Waals surface area contributed by atoms with Crippen LogP contribution in [0.1, 0.15) is 18.4 Å². The fourth-order valence-electron chi connectivity index (χ4n) is 2.13. The van der Waals surface area contributed by atoms with E-state index < -0.39 is 0 Å². The van der Waals surface area contributed by atoms with Crippen LogP contribution < -0.4 is 5.69 Å². The fourth-order valence-corrected chi connectivity index (χ4v) is 2.13. The molecule has 0 bridgehead atoms. The molecule has 0 saturated heterocycles. The zero-order valence-corrected chi connectivity index (χ0v) is 9.59. The lowest BCUT2D eigenvalue weighted by atomic mass is 10.1. The van der Waals surface area contributed by atoms with Gasteiger partial charge in [-0.3, -0.25) is 4.57 Å². The van der Waals surface area contributed by atoms with Crippen LogP contribution in [0.15, 0.2) is 46.4 Å². The van der Waals surface area contributed by atoms with Crippen LogP contribution in [0, 0.1) is 0 Å². The van der Waals surface area contributed by atoms with E-state index in [1.165, 1.54) is 4.57 Å². The van der Waals surface area contributed by atoms with Crippen molar-refractivity contribution in [2.75, 3.05) is 0 Å². The second-order valence-corrected chi connectivity index (χ2v) is 4.42. The molecule has 0 atom stereocenters. The van der Waals surface area contributed by atoms with Crippen molar-refractivity contribution >= 4 is 6.08 Å². The highest BCUT2D eigenvalue weighted by Crippen LogP contribution is 2.49. The Balaban J connectivity index is 1.98. The van der Waals surface area contributed by atoms with Gasteiger partial charge in [0, 0.05) is 12.4 Å². The Morgan fingerprint density at radius 1 is 1.28 bits per heavy atom. The van der Waals surface area contributed by atoms with Crippen LogP contribution in [-0.2, 0) is 10.3 Å². The number of aromatic nitrogens is 2. The van der Waals surface area contributed by atoms with Gasteiger partial charge >= 0.3 is 5.69 Å². The first-order chi connectivity index (χ1) is 8.75. The molecule has 3 rings (SSSR count). The maximum absolute atomic E-state index is 11.5. The van der Waals surface area contributed by atoms with E-state index in [1.807, 2.05) is 24.3 Å². The van der Waals surface area contributed by atoms with Gasteiger partial charge < -0.3 is 4.98 Å². The number of H-pyrrole nitrogens is 1. The van der Waals surface area contributed by atoms with E-state index in [2.05, 4.69) is 9.98 Å². The number of hydrogen-bond donors (Lipinski definition) is 1. The van der Waals surface area contributed by atoms with Gasteiger partial charge in [-0.05, 0) is 30.5 Å². The van der Waals surface area contributed by atoms with Crippen LogP contribution in [0.4, 0.5) is 0 Å². The molecule has 1 N–H and O–H groups in total. The Morgan fingerprint density at radius 2 is 2.00 bits per heavy atom. The van der Waals surface area contributed by atoms with Gasteiger partial charge in [-0.15, -0.1) is 0 Å². The average Bonchev–Trinajstić information content (AvgIpc) is 3.05. The summed E-state index contributed by atoms with van der Waals surface area (Å²) in [5, 5.41) is 0. The minimum atomic E-state index is -0.358. The van der Waals surface area contributed by atoms with E-state index in [0.717, 1.165) is 24.1 Å². The van der Waals surface area contributed by atoms with E-state index in [1.54, 1.807) is 18.5 Å². The SMILES string of the molecule is O=C=NC1(c2ccc(-n3cc[nH]c3=O)cc2)CC1. The van der Waals surface area contributed by atoms with Crippen LogP contribution in [-0.4, -0.2) is 15.6 Å². The van der Waals surface area contributed by atoms with E-state index in [0.29, 0.717) is 0 Å². The van der Waals surface area contributed by atoms with Gasteiger partial charge in [0.1, 0.15) is 0 Å². The summed E-state index contributed by atoms with van der Waals surface area (Å²) in [5.74, 6) is 0. The first-order valence-corrected chi connectivity index (χ1v) is 5.71. The van der Waals surface area contributed by atoms with Crippen molar-refractivity contribution in [3.05, 3.63) is 52.7 Å². The Hall–Kier alpha value is -2.39. The molecule has 1 heterocycles. The second-order valence-electron chi connectivity index (χ2n) is 4.42. The van der Waals surface area contributed by atoms with Crippen molar-refractivity contribution < 1.29 is 4.79 Å². The molecule has 1 aromatic carbocycles. The molecule has 0 radical (unpaired) electrons. The van der Waals surface area contributed by atoms with Crippen LogP contribution in [0.5, 0.6) is 0 Å². The molecule has 1 aliphatic rings. The monoisotopic (exact) mass is 241 g/mol. The molecule has 1 aromatic heterocycles. The Morgan fingerprint density at radius 3 is 2.50 bits per heavy atom. The highest BCUT2D eigenvalue weighted by atomic mass is 16.1. The molecular formula is C13H11N3O2. The first-order valence-electron chi connectivity index (χ1n) is 5.71. The molecule has 1 saturated carbocycles. The molecule has 0 amide bonds. The molecule has 0 aliphatic heterocycles. The van der Waals surface area contributed by atoms with Crippen LogP contribution in [0.2, 0.25) is 0 Å². The predicted molar refractivity (Wildman–Crippen MR) is 65.4 cm³/mol. The lowest BCUT2D eigenvalue weighted by Crippen LogP contribution is -2.14. The average molecular weight is 241 g/mol. The van der Waals surface area contributed by atoms with Crippen molar-refractivity contribution in [2.24, 2.45) is 4.99 Å². The van der Waals surface area contributed by atoms with Crippen molar-refractivity contribution in [1.29, 1.82) is 0 Å². The molecule has 1 aliphatic carbocycles. The first kappa shape index (κ1) is 10.7. The summed E-state index contributed by atoms with van der Waals surface area (Å²) in [6.45, 7) is 0. The topological polar surface area (TPSA) is 67.2 Å². The predicted octanol–water partition coefficient (Wildman–Crippen LogP) is 1.49. The number of aliphatic imine (C=N–C) groups is 1. The number of nitrogens with zero attached hydrogens (tertiary/aromatic N) is 2. The number of rotatable bonds is 3. The van der Waals surface area contributed by atoms with E-state index in [4.69, 9.17) is 0 Å². The third kappa shape index (κ3) is 1.61. The number of benzene rings is 1. The summed E-state index contributed by atoms with van der Waals surface area (Å²) >= 11 is 0. The standard InChI is InChI=1S/C13H11N3O2/c17-9-15-13(5-6-13)10-1-3-11(4-2-10)16-8-7-14-12(16)18/h1-4,7-8H,5-6H2,(H,14,18). The fraction of sp³-hybridized carbons (Fsp3) is 0.231. The molecular weight excluding hydrogens is 230 g/mol.